The van der Waals surface area contributed by atoms with Crippen molar-refractivity contribution in [2.24, 2.45) is 0 Å². The molecular weight excluding hydrogens is 396 g/mol. The van der Waals surface area contributed by atoms with E-state index < -0.39 is 0 Å². The van der Waals surface area contributed by atoms with Crippen LogP contribution < -0.4 is 16.2 Å². The molecule has 1 saturated heterocycles. The van der Waals surface area contributed by atoms with Gasteiger partial charge in [0.1, 0.15) is 0 Å². The molecule has 130 valence electrons. The number of rotatable bonds is 4. The van der Waals surface area contributed by atoms with E-state index in [1.54, 1.807) is 12.1 Å². The number of halogens is 2. The molecule has 0 spiro atoms. The number of carbonyl (C=O) groups is 1. The molecule has 1 aromatic heterocycles. The number of nitrogens with one attached hydrogen (secondary N) is 2. The highest BCUT2D eigenvalue weighted by molar-refractivity contribution is 9.10. The summed E-state index contributed by atoms with van der Waals surface area (Å²) in [5.74, 6) is -0.0278. The Kier molecular flexibility index (Phi) is 6.77. The topological polar surface area (TPSA) is 76.0 Å². The number of amides is 1. The molecule has 2 aromatic rings. The molecule has 8 heteroatoms. The predicted octanol–water partition coefficient (Wildman–Crippen LogP) is 1.84. The highest BCUT2D eigenvalue weighted by Crippen LogP contribution is 2.14. The predicted molar refractivity (Wildman–Crippen MR) is 99.6 cm³/mol. The zero-order valence-electron chi connectivity index (χ0n) is 13.1. The molecule has 1 aliphatic rings. The van der Waals surface area contributed by atoms with Gasteiger partial charge < -0.3 is 10.6 Å². The summed E-state index contributed by atoms with van der Waals surface area (Å²) in [6, 6.07) is 5.60. The van der Waals surface area contributed by atoms with Gasteiger partial charge in [-0.1, -0.05) is 15.9 Å². The summed E-state index contributed by atoms with van der Waals surface area (Å²) in [7, 11) is 0. The van der Waals surface area contributed by atoms with E-state index in [4.69, 9.17) is 0 Å². The average molecular weight is 416 g/mol. The fraction of sp³-hybridized carbons (Fsp3) is 0.438. The van der Waals surface area contributed by atoms with Gasteiger partial charge in [0.25, 0.3) is 5.56 Å². The van der Waals surface area contributed by atoms with Crippen molar-refractivity contribution in [3.8, 4) is 0 Å². The Hall–Kier alpha value is -1.44. The molecule has 1 atom stereocenters. The zero-order chi connectivity index (χ0) is 16.2. The Morgan fingerprint density at radius 3 is 3.04 bits per heavy atom. The van der Waals surface area contributed by atoms with Gasteiger partial charge in [-0.2, -0.15) is 0 Å². The largest absolute Gasteiger partial charge is 0.352 e. The lowest BCUT2D eigenvalue weighted by molar-refractivity contribution is -0.122. The fourth-order valence-corrected chi connectivity index (χ4v) is 3.15. The lowest BCUT2D eigenvalue weighted by atomic mass is 10.1. The van der Waals surface area contributed by atoms with Gasteiger partial charge in [-0.25, -0.2) is 4.98 Å². The van der Waals surface area contributed by atoms with Crippen LogP contribution in [-0.2, 0) is 11.3 Å². The number of benzene rings is 1. The van der Waals surface area contributed by atoms with Crippen molar-refractivity contribution in [2.75, 3.05) is 13.1 Å². The molecule has 0 aliphatic carbocycles. The molecule has 3 rings (SSSR count). The average Bonchev–Trinajstić information content (AvgIpc) is 2.56. The Balaban J connectivity index is 0.00000208. The molecule has 0 bridgehead atoms. The maximum Gasteiger partial charge on any atom is 0.261 e. The van der Waals surface area contributed by atoms with E-state index in [0.717, 1.165) is 30.4 Å². The van der Waals surface area contributed by atoms with Crippen molar-refractivity contribution in [2.45, 2.75) is 31.8 Å². The van der Waals surface area contributed by atoms with Gasteiger partial charge in [0.2, 0.25) is 5.91 Å². The minimum Gasteiger partial charge on any atom is -0.352 e. The van der Waals surface area contributed by atoms with Crippen LogP contribution in [0.2, 0.25) is 0 Å². The first-order chi connectivity index (χ1) is 11.1. The van der Waals surface area contributed by atoms with E-state index in [0.29, 0.717) is 17.4 Å². The van der Waals surface area contributed by atoms with Crippen molar-refractivity contribution >= 4 is 45.1 Å². The van der Waals surface area contributed by atoms with E-state index in [-0.39, 0.29) is 36.3 Å². The Morgan fingerprint density at radius 2 is 2.29 bits per heavy atom. The normalized spacial score (nSPS) is 17.3. The SMILES string of the molecule is Cl.O=C(CCn1cnc2ccc(Br)cc2c1=O)NC1CCCNC1. The van der Waals surface area contributed by atoms with Crippen molar-refractivity contribution in [3.05, 3.63) is 39.4 Å². The first-order valence-electron chi connectivity index (χ1n) is 7.78. The van der Waals surface area contributed by atoms with Crippen LogP contribution in [0.4, 0.5) is 0 Å². The Bertz CT molecular complexity index is 774. The minimum atomic E-state index is -0.122. The number of aryl methyl sites for hydroxylation is 1. The molecular formula is C16H20BrClN4O2. The fourth-order valence-electron chi connectivity index (χ4n) is 2.79. The van der Waals surface area contributed by atoms with Crippen LogP contribution >= 0.6 is 28.3 Å². The van der Waals surface area contributed by atoms with Crippen LogP contribution in [0.1, 0.15) is 19.3 Å². The lowest BCUT2D eigenvalue weighted by Gasteiger charge is -2.23. The van der Waals surface area contributed by atoms with E-state index in [1.807, 2.05) is 6.07 Å². The second kappa shape index (κ2) is 8.60. The molecule has 2 heterocycles. The summed E-state index contributed by atoms with van der Waals surface area (Å²) < 4.78 is 2.33. The highest BCUT2D eigenvalue weighted by atomic mass is 79.9. The van der Waals surface area contributed by atoms with Crippen molar-refractivity contribution in [3.63, 3.8) is 0 Å². The minimum absolute atomic E-state index is 0. The molecule has 1 aliphatic heterocycles. The van der Waals surface area contributed by atoms with Crippen molar-refractivity contribution in [1.82, 2.24) is 20.2 Å². The molecule has 2 N–H and O–H groups in total. The number of piperidine rings is 1. The molecule has 0 saturated carbocycles. The first-order valence-corrected chi connectivity index (χ1v) is 8.57. The maximum atomic E-state index is 12.4. The second-order valence-electron chi connectivity index (χ2n) is 5.77. The van der Waals surface area contributed by atoms with Gasteiger partial charge in [0.05, 0.1) is 17.2 Å². The van der Waals surface area contributed by atoms with E-state index in [9.17, 15) is 9.59 Å². The number of hydrogen-bond donors (Lipinski definition) is 2. The third kappa shape index (κ3) is 4.55. The van der Waals surface area contributed by atoms with Crippen LogP contribution in [-0.4, -0.2) is 34.6 Å². The summed E-state index contributed by atoms with van der Waals surface area (Å²) in [6.07, 6.45) is 3.86. The molecule has 1 fully saturated rings. The van der Waals surface area contributed by atoms with Crippen LogP contribution in [0.3, 0.4) is 0 Å². The molecule has 1 amide bonds. The van der Waals surface area contributed by atoms with Gasteiger partial charge in [-0.15, -0.1) is 12.4 Å². The van der Waals surface area contributed by atoms with Gasteiger partial charge >= 0.3 is 0 Å². The van der Waals surface area contributed by atoms with Crippen LogP contribution in [0.25, 0.3) is 10.9 Å². The molecule has 1 unspecified atom stereocenters. The summed E-state index contributed by atoms with van der Waals surface area (Å²) >= 11 is 3.36. The van der Waals surface area contributed by atoms with E-state index in [1.165, 1.54) is 10.9 Å². The number of aromatic nitrogens is 2. The number of hydrogen-bond acceptors (Lipinski definition) is 4. The molecule has 24 heavy (non-hydrogen) atoms. The Morgan fingerprint density at radius 1 is 1.46 bits per heavy atom. The van der Waals surface area contributed by atoms with Crippen LogP contribution in [0.5, 0.6) is 0 Å². The second-order valence-corrected chi connectivity index (χ2v) is 6.68. The lowest BCUT2D eigenvalue weighted by Crippen LogP contribution is -2.45. The first kappa shape index (κ1) is 18.9. The molecule has 0 radical (unpaired) electrons. The van der Waals surface area contributed by atoms with Gasteiger partial charge in [0.15, 0.2) is 0 Å². The summed E-state index contributed by atoms with van der Waals surface area (Å²) in [5, 5.41) is 6.83. The molecule has 6 nitrogen and oxygen atoms in total. The quantitative estimate of drug-likeness (QED) is 0.799. The Labute approximate surface area is 154 Å². The molecule has 1 aromatic carbocycles. The third-order valence-electron chi connectivity index (χ3n) is 4.03. The highest BCUT2D eigenvalue weighted by Gasteiger charge is 2.15. The summed E-state index contributed by atoms with van der Waals surface area (Å²) in [4.78, 5) is 28.8. The van der Waals surface area contributed by atoms with Gasteiger partial charge in [-0.05, 0) is 37.6 Å². The smallest absolute Gasteiger partial charge is 0.261 e. The van der Waals surface area contributed by atoms with E-state index in [2.05, 4.69) is 31.5 Å². The number of fused-ring (bicyclic) bond motifs is 1. The van der Waals surface area contributed by atoms with Crippen LogP contribution in [0.15, 0.2) is 33.8 Å². The maximum absolute atomic E-state index is 12.4. The summed E-state index contributed by atoms with van der Waals surface area (Å²) in [5.41, 5.74) is 0.538. The summed E-state index contributed by atoms with van der Waals surface area (Å²) in [6.45, 7) is 2.16. The standard InChI is InChI=1S/C16H19BrN4O2.ClH/c17-11-3-4-14-13(8-11)16(23)21(10-19-14)7-5-15(22)20-12-2-1-6-18-9-12;/h3-4,8,10,12,18H,1-2,5-7,9H2,(H,20,22);1H. The van der Waals surface area contributed by atoms with Gasteiger partial charge in [-0.3, -0.25) is 14.2 Å². The van der Waals surface area contributed by atoms with Crippen molar-refractivity contribution < 1.29 is 4.79 Å². The van der Waals surface area contributed by atoms with E-state index >= 15 is 0 Å². The number of nitrogens with zero attached hydrogens (tertiary/aromatic N) is 2. The van der Waals surface area contributed by atoms with Crippen molar-refractivity contribution in [1.29, 1.82) is 0 Å². The van der Waals surface area contributed by atoms with Crippen LogP contribution in [0, 0.1) is 0 Å². The number of carbonyl (C=O) groups excluding carboxylic acids is 1. The van der Waals surface area contributed by atoms with Gasteiger partial charge in [0, 0.05) is 30.0 Å². The third-order valence-corrected chi connectivity index (χ3v) is 4.52. The zero-order valence-corrected chi connectivity index (χ0v) is 15.5. The monoisotopic (exact) mass is 414 g/mol.